The van der Waals surface area contributed by atoms with E-state index < -0.39 is 0 Å². The number of likely N-dealkylation sites (tertiary alicyclic amines) is 1. The maximum absolute atomic E-state index is 5.60. The van der Waals surface area contributed by atoms with E-state index in [4.69, 9.17) is 19.4 Å². The molecule has 0 unspecified atom stereocenters. The van der Waals surface area contributed by atoms with E-state index in [2.05, 4.69) is 43.1 Å². The van der Waals surface area contributed by atoms with Gasteiger partial charge in [-0.1, -0.05) is 0 Å². The fourth-order valence-corrected chi connectivity index (χ4v) is 5.97. The Balaban J connectivity index is 1.36. The van der Waals surface area contributed by atoms with Crippen molar-refractivity contribution in [2.24, 2.45) is 0 Å². The second-order valence-electron chi connectivity index (χ2n) is 9.43. The summed E-state index contributed by atoms with van der Waals surface area (Å²) in [6, 6.07) is 2.93. The highest BCUT2D eigenvalue weighted by molar-refractivity contribution is 7.18. The zero-order valence-electron chi connectivity index (χ0n) is 21.4. The van der Waals surface area contributed by atoms with E-state index in [1.807, 2.05) is 7.05 Å². The van der Waals surface area contributed by atoms with Crippen LogP contribution in [0.2, 0.25) is 0 Å². The van der Waals surface area contributed by atoms with Crippen molar-refractivity contribution in [3.8, 4) is 11.4 Å². The lowest BCUT2D eigenvalue weighted by Gasteiger charge is -2.36. The van der Waals surface area contributed by atoms with Crippen molar-refractivity contribution in [1.82, 2.24) is 29.7 Å². The molecule has 0 saturated carbocycles. The third-order valence-corrected chi connectivity index (χ3v) is 8.09. The van der Waals surface area contributed by atoms with Crippen LogP contribution in [0.3, 0.4) is 0 Å². The molecule has 3 aromatic rings. The highest BCUT2D eigenvalue weighted by Crippen LogP contribution is 2.34. The standard InChI is InChI=1S/C25H36N8O2S/c1-26-25-27-15-18(16-28-25)22-29-23(33-9-12-35-13-10-33)21-14-20(36-24(21)30-22)17-32-6-4-19(5-7-32)31(2)8-11-34-3/h14-16,19H,4-13,17H2,1-3H3,(H,26,27,28). The molecular weight excluding hydrogens is 476 g/mol. The van der Waals surface area contributed by atoms with Gasteiger partial charge in [0.15, 0.2) is 5.82 Å². The Morgan fingerprint density at radius 2 is 1.89 bits per heavy atom. The lowest BCUT2D eigenvalue weighted by molar-refractivity contribution is 0.0948. The van der Waals surface area contributed by atoms with Crippen molar-refractivity contribution < 1.29 is 9.47 Å². The molecule has 2 fully saturated rings. The summed E-state index contributed by atoms with van der Waals surface area (Å²) >= 11 is 1.77. The summed E-state index contributed by atoms with van der Waals surface area (Å²) in [4.78, 5) is 28.4. The van der Waals surface area contributed by atoms with Crippen LogP contribution in [0.15, 0.2) is 18.5 Å². The van der Waals surface area contributed by atoms with Gasteiger partial charge in [-0.3, -0.25) is 4.90 Å². The average molecular weight is 513 g/mol. The normalized spacial score (nSPS) is 17.8. The number of hydrogen-bond acceptors (Lipinski definition) is 11. The summed E-state index contributed by atoms with van der Waals surface area (Å²) in [5.74, 6) is 2.23. The lowest BCUT2D eigenvalue weighted by Crippen LogP contribution is -2.43. The fourth-order valence-electron chi connectivity index (χ4n) is 4.91. The van der Waals surface area contributed by atoms with Crippen molar-refractivity contribution in [3.05, 3.63) is 23.3 Å². The predicted octanol–water partition coefficient (Wildman–Crippen LogP) is 2.57. The van der Waals surface area contributed by atoms with Gasteiger partial charge in [0, 0.05) is 76.7 Å². The zero-order valence-corrected chi connectivity index (χ0v) is 22.3. The second-order valence-corrected chi connectivity index (χ2v) is 10.5. The number of methoxy groups -OCH3 is 1. The van der Waals surface area contributed by atoms with Crippen LogP contribution in [-0.4, -0.2) is 110 Å². The molecule has 11 heteroatoms. The van der Waals surface area contributed by atoms with E-state index >= 15 is 0 Å². The number of nitrogens with one attached hydrogen (secondary N) is 1. The first-order valence-corrected chi connectivity index (χ1v) is 13.5. The molecule has 0 radical (unpaired) electrons. The highest BCUT2D eigenvalue weighted by atomic mass is 32.1. The smallest absolute Gasteiger partial charge is 0.222 e. The van der Waals surface area contributed by atoms with Gasteiger partial charge in [0.05, 0.1) is 30.8 Å². The molecule has 1 N–H and O–H groups in total. The van der Waals surface area contributed by atoms with Gasteiger partial charge in [-0.2, -0.15) is 0 Å². The monoisotopic (exact) mass is 512 g/mol. The number of nitrogens with zero attached hydrogens (tertiary/aromatic N) is 7. The van der Waals surface area contributed by atoms with Crippen molar-refractivity contribution >= 4 is 33.3 Å². The topological polar surface area (TPSA) is 91.8 Å². The molecule has 0 aromatic carbocycles. The Hall–Kier alpha value is -2.44. The first kappa shape index (κ1) is 25.2. The van der Waals surface area contributed by atoms with Crippen LogP contribution < -0.4 is 10.2 Å². The number of likely N-dealkylation sites (N-methyl/N-ethyl adjacent to an activating group) is 1. The Morgan fingerprint density at radius 1 is 1.14 bits per heavy atom. The van der Waals surface area contributed by atoms with E-state index in [0.29, 0.717) is 31.0 Å². The van der Waals surface area contributed by atoms with Crippen LogP contribution in [0.4, 0.5) is 11.8 Å². The number of ether oxygens (including phenoxy) is 2. The van der Waals surface area contributed by atoms with Crippen LogP contribution in [0.5, 0.6) is 0 Å². The van der Waals surface area contributed by atoms with Gasteiger partial charge in [0.25, 0.3) is 0 Å². The summed E-state index contributed by atoms with van der Waals surface area (Å²) in [6.07, 6.45) is 5.95. The van der Waals surface area contributed by atoms with Gasteiger partial charge in [-0.05, 0) is 26.0 Å². The molecule has 0 bridgehead atoms. The first-order valence-electron chi connectivity index (χ1n) is 12.7. The van der Waals surface area contributed by atoms with Crippen LogP contribution in [0.1, 0.15) is 17.7 Å². The summed E-state index contributed by atoms with van der Waals surface area (Å²) < 4.78 is 10.9. The van der Waals surface area contributed by atoms with Crippen molar-refractivity contribution in [2.75, 3.05) is 84.0 Å². The first-order chi connectivity index (χ1) is 17.6. The number of morpholine rings is 1. The third-order valence-electron chi connectivity index (χ3n) is 7.08. The Kier molecular flexibility index (Phi) is 8.22. The molecular formula is C25H36N8O2S. The summed E-state index contributed by atoms with van der Waals surface area (Å²) in [5, 5.41) is 4.09. The highest BCUT2D eigenvalue weighted by Gasteiger charge is 2.24. The number of hydrogen-bond donors (Lipinski definition) is 1. The lowest BCUT2D eigenvalue weighted by atomic mass is 10.0. The molecule has 5 heterocycles. The van der Waals surface area contributed by atoms with E-state index in [-0.39, 0.29) is 0 Å². The molecule has 36 heavy (non-hydrogen) atoms. The van der Waals surface area contributed by atoms with Gasteiger partial charge in [-0.15, -0.1) is 11.3 Å². The quantitative estimate of drug-likeness (QED) is 0.461. The predicted molar refractivity (Wildman–Crippen MR) is 144 cm³/mol. The molecule has 10 nitrogen and oxygen atoms in total. The van der Waals surface area contributed by atoms with Gasteiger partial charge in [-0.25, -0.2) is 19.9 Å². The van der Waals surface area contributed by atoms with E-state index in [0.717, 1.165) is 67.5 Å². The van der Waals surface area contributed by atoms with Crippen molar-refractivity contribution in [3.63, 3.8) is 0 Å². The van der Waals surface area contributed by atoms with Crippen molar-refractivity contribution in [2.45, 2.75) is 25.4 Å². The SMILES string of the molecule is CNc1ncc(-c2nc(N3CCOCC3)c3cc(CN4CCC(N(C)CCOC)CC4)sc3n2)cn1. The summed E-state index contributed by atoms with van der Waals surface area (Å²) in [7, 11) is 5.79. The molecule has 2 aliphatic rings. The second kappa shape index (κ2) is 11.7. The van der Waals surface area contributed by atoms with Crippen molar-refractivity contribution in [1.29, 1.82) is 0 Å². The minimum absolute atomic E-state index is 0.584. The number of aromatic nitrogens is 4. The summed E-state index contributed by atoms with van der Waals surface area (Å²) in [5.41, 5.74) is 0.819. The number of piperidine rings is 1. The van der Waals surface area contributed by atoms with Gasteiger partial charge in [0.2, 0.25) is 5.95 Å². The Bertz CT molecular complexity index is 1130. The maximum Gasteiger partial charge on any atom is 0.222 e. The number of fused-ring (bicyclic) bond motifs is 1. The molecule has 2 aliphatic heterocycles. The molecule has 0 spiro atoms. The van der Waals surface area contributed by atoms with Crippen LogP contribution >= 0.6 is 11.3 Å². The van der Waals surface area contributed by atoms with Crippen LogP contribution in [0.25, 0.3) is 21.6 Å². The molecule has 0 amide bonds. The molecule has 3 aromatic heterocycles. The van der Waals surface area contributed by atoms with E-state index in [1.165, 1.54) is 17.7 Å². The largest absolute Gasteiger partial charge is 0.383 e. The molecule has 2 saturated heterocycles. The third kappa shape index (κ3) is 5.76. The average Bonchev–Trinajstić information content (AvgIpc) is 3.34. The Morgan fingerprint density at radius 3 is 2.58 bits per heavy atom. The van der Waals surface area contributed by atoms with E-state index in [9.17, 15) is 0 Å². The minimum Gasteiger partial charge on any atom is -0.383 e. The summed E-state index contributed by atoms with van der Waals surface area (Å²) in [6.45, 7) is 8.04. The fraction of sp³-hybridized carbons (Fsp3) is 0.600. The molecule has 0 aliphatic carbocycles. The number of anilines is 2. The van der Waals surface area contributed by atoms with E-state index in [1.54, 1.807) is 30.8 Å². The molecule has 194 valence electrons. The number of thiophene rings is 1. The van der Waals surface area contributed by atoms with Gasteiger partial charge in [0.1, 0.15) is 10.6 Å². The number of rotatable bonds is 9. The van der Waals surface area contributed by atoms with Crippen LogP contribution in [0, 0.1) is 0 Å². The Labute approximate surface area is 216 Å². The zero-order chi connectivity index (χ0) is 24.9. The maximum atomic E-state index is 5.60. The molecule has 0 atom stereocenters. The minimum atomic E-state index is 0.584. The van der Waals surface area contributed by atoms with Gasteiger partial charge < -0.3 is 24.6 Å². The van der Waals surface area contributed by atoms with Crippen LogP contribution in [-0.2, 0) is 16.0 Å². The van der Waals surface area contributed by atoms with Gasteiger partial charge >= 0.3 is 0 Å². The molecule has 5 rings (SSSR count).